The van der Waals surface area contributed by atoms with E-state index in [0.29, 0.717) is 19.8 Å². The number of nitrogens with zero attached hydrogens (tertiary/aromatic N) is 1. The molecule has 0 aliphatic carbocycles. The SMILES string of the molecule is COc1ccc(CC(=O)N2CCCC3(CCOCC3)C2C(N)=O)cc1. The molecule has 1 aromatic carbocycles. The zero-order valence-electron chi connectivity index (χ0n) is 14.7. The van der Waals surface area contributed by atoms with Crippen LogP contribution in [0.1, 0.15) is 31.2 Å². The highest BCUT2D eigenvalue weighted by Gasteiger charge is 2.49. The molecule has 3 rings (SSSR count). The number of piperidine rings is 1. The lowest BCUT2D eigenvalue weighted by Gasteiger charge is -2.50. The van der Waals surface area contributed by atoms with Crippen molar-refractivity contribution in [2.75, 3.05) is 26.9 Å². The zero-order chi connectivity index (χ0) is 17.9. The highest BCUT2D eigenvalue weighted by Crippen LogP contribution is 2.44. The van der Waals surface area contributed by atoms with Crippen LogP contribution in [-0.4, -0.2) is 49.6 Å². The molecule has 1 atom stereocenters. The van der Waals surface area contributed by atoms with Gasteiger partial charge in [0.05, 0.1) is 13.5 Å². The van der Waals surface area contributed by atoms with Crippen LogP contribution in [0.2, 0.25) is 0 Å². The summed E-state index contributed by atoms with van der Waals surface area (Å²) in [5, 5.41) is 0. The Morgan fingerprint density at radius 1 is 1.24 bits per heavy atom. The van der Waals surface area contributed by atoms with Gasteiger partial charge in [0.15, 0.2) is 0 Å². The zero-order valence-corrected chi connectivity index (χ0v) is 14.7. The van der Waals surface area contributed by atoms with Gasteiger partial charge in [0, 0.05) is 25.2 Å². The summed E-state index contributed by atoms with van der Waals surface area (Å²) in [6.45, 7) is 1.85. The summed E-state index contributed by atoms with van der Waals surface area (Å²) in [5.41, 5.74) is 6.42. The average molecular weight is 346 g/mol. The maximum Gasteiger partial charge on any atom is 0.240 e. The first-order valence-electron chi connectivity index (χ1n) is 8.85. The first-order valence-corrected chi connectivity index (χ1v) is 8.85. The molecule has 2 N–H and O–H groups in total. The molecule has 2 aliphatic rings. The van der Waals surface area contributed by atoms with Crippen LogP contribution in [0.25, 0.3) is 0 Å². The lowest BCUT2D eigenvalue weighted by Crippen LogP contribution is -2.61. The summed E-state index contributed by atoms with van der Waals surface area (Å²) in [6, 6.07) is 6.90. The van der Waals surface area contributed by atoms with E-state index in [2.05, 4.69) is 0 Å². The van der Waals surface area contributed by atoms with Crippen molar-refractivity contribution >= 4 is 11.8 Å². The highest BCUT2D eigenvalue weighted by atomic mass is 16.5. The number of nitrogens with two attached hydrogens (primary N) is 1. The summed E-state index contributed by atoms with van der Waals surface area (Å²) in [6.07, 6.45) is 3.66. The van der Waals surface area contributed by atoms with E-state index < -0.39 is 11.9 Å². The Morgan fingerprint density at radius 2 is 1.92 bits per heavy atom. The molecule has 136 valence electrons. The van der Waals surface area contributed by atoms with Crippen molar-refractivity contribution in [3.63, 3.8) is 0 Å². The van der Waals surface area contributed by atoms with Crippen molar-refractivity contribution in [1.82, 2.24) is 4.90 Å². The summed E-state index contributed by atoms with van der Waals surface area (Å²) < 4.78 is 10.6. The minimum atomic E-state index is -0.532. The normalized spacial score (nSPS) is 22.6. The fourth-order valence-corrected chi connectivity index (χ4v) is 4.24. The third kappa shape index (κ3) is 3.63. The van der Waals surface area contributed by atoms with Crippen LogP contribution in [0.3, 0.4) is 0 Å². The molecule has 2 amide bonds. The number of methoxy groups -OCH3 is 1. The number of carbonyl (C=O) groups is 2. The number of ether oxygens (including phenoxy) is 2. The fraction of sp³-hybridized carbons (Fsp3) is 0.579. The Kier molecular flexibility index (Phi) is 5.27. The van der Waals surface area contributed by atoms with Gasteiger partial charge < -0.3 is 20.1 Å². The molecule has 1 unspecified atom stereocenters. The van der Waals surface area contributed by atoms with E-state index in [4.69, 9.17) is 15.2 Å². The molecule has 2 aliphatic heterocycles. The van der Waals surface area contributed by atoms with E-state index in [-0.39, 0.29) is 17.7 Å². The van der Waals surface area contributed by atoms with E-state index in [1.165, 1.54) is 0 Å². The molecule has 0 radical (unpaired) electrons. The van der Waals surface area contributed by atoms with Crippen LogP contribution in [0.15, 0.2) is 24.3 Å². The Morgan fingerprint density at radius 3 is 2.52 bits per heavy atom. The van der Waals surface area contributed by atoms with E-state index in [1.54, 1.807) is 12.0 Å². The van der Waals surface area contributed by atoms with Gasteiger partial charge in [-0.2, -0.15) is 0 Å². The predicted octanol–water partition coefficient (Wildman–Crippen LogP) is 1.51. The van der Waals surface area contributed by atoms with Gasteiger partial charge in [-0.05, 0) is 43.4 Å². The molecule has 25 heavy (non-hydrogen) atoms. The van der Waals surface area contributed by atoms with Crippen molar-refractivity contribution in [3.8, 4) is 5.75 Å². The third-order valence-electron chi connectivity index (χ3n) is 5.56. The second-order valence-corrected chi connectivity index (χ2v) is 7.00. The Balaban J connectivity index is 1.78. The lowest BCUT2D eigenvalue weighted by molar-refractivity contribution is -0.152. The largest absolute Gasteiger partial charge is 0.497 e. The number of primary amides is 1. The summed E-state index contributed by atoms with van der Waals surface area (Å²) in [4.78, 5) is 26.9. The van der Waals surface area contributed by atoms with Crippen LogP contribution in [0, 0.1) is 5.41 Å². The van der Waals surface area contributed by atoms with Gasteiger partial charge in [-0.25, -0.2) is 0 Å². The molecule has 1 aromatic rings. The third-order valence-corrected chi connectivity index (χ3v) is 5.56. The van der Waals surface area contributed by atoms with Crippen LogP contribution in [-0.2, 0) is 20.7 Å². The number of hydrogen-bond donors (Lipinski definition) is 1. The van der Waals surface area contributed by atoms with E-state index >= 15 is 0 Å². The second kappa shape index (κ2) is 7.44. The van der Waals surface area contributed by atoms with Gasteiger partial charge >= 0.3 is 0 Å². The number of rotatable bonds is 4. The molecule has 0 aromatic heterocycles. The molecule has 2 heterocycles. The molecule has 2 fully saturated rings. The minimum absolute atomic E-state index is 0.0421. The molecule has 1 spiro atoms. The van der Waals surface area contributed by atoms with Crippen LogP contribution in [0.5, 0.6) is 5.75 Å². The van der Waals surface area contributed by atoms with E-state index in [0.717, 1.165) is 37.0 Å². The summed E-state index contributed by atoms with van der Waals surface area (Å²) in [5.74, 6) is 0.314. The maximum absolute atomic E-state index is 12.9. The maximum atomic E-state index is 12.9. The molecule has 0 saturated carbocycles. The van der Waals surface area contributed by atoms with Crippen LogP contribution >= 0.6 is 0 Å². The van der Waals surface area contributed by atoms with E-state index in [1.807, 2.05) is 24.3 Å². The topological polar surface area (TPSA) is 81.9 Å². The monoisotopic (exact) mass is 346 g/mol. The fourth-order valence-electron chi connectivity index (χ4n) is 4.24. The summed E-state index contributed by atoms with van der Waals surface area (Å²) in [7, 11) is 1.61. The van der Waals surface area contributed by atoms with Gasteiger partial charge in [-0.15, -0.1) is 0 Å². The van der Waals surface area contributed by atoms with Gasteiger partial charge in [0.2, 0.25) is 11.8 Å². The minimum Gasteiger partial charge on any atom is -0.497 e. The van der Waals surface area contributed by atoms with Crippen molar-refractivity contribution in [2.45, 2.75) is 38.1 Å². The number of benzene rings is 1. The quantitative estimate of drug-likeness (QED) is 0.896. The molecular formula is C19H26N2O4. The van der Waals surface area contributed by atoms with Crippen molar-refractivity contribution in [3.05, 3.63) is 29.8 Å². The Hall–Kier alpha value is -2.08. The van der Waals surface area contributed by atoms with Crippen molar-refractivity contribution < 1.29 is 19.1 Å². The van der Waals surface area contributed by atoms with Gasteiger partial charge in [0.25, 0.3) is 0 Å². The first kappa shape index (κ1) is 17.7. The van der Waals surface area contributed by atoms with Crippen LogP contribution < -0.4 is 10.5 Å². The molecule has 0 bridgehead atoms. The standard InChI is InChI=1S/C19H26N2O4/c1-24-15-5-3-14(4-6-15)13-16(22)21-10-2-7-19(17(21)18(20)23)8-11-25-12-9-19/h3-6,17H,2,7-13H2,1H3,(H2,20,23). The Labute approximate surface area is 148 Å². The van der Waals surface area contributed by atoms with Gasteiger partial charge in [0.1, 0.15) is 11.8 Å². The Bertz CT molecular complexity index is 617. The number of carbonyl (C=O) groups excluding carboxylic acids is 2. The first-order chi connectivity index (χ1) is 12.1. The number of hydrogen-bond acceptors (Lipinski definition) is 4. The summed E-state index contributed by atoms with van der Waals surface area (Å²) >= 11 is 0. The average Bonchev–Trinajstić information content (AvgIpc) is 2.62. The van der Waals surface area contributed by atoms with Gasteiger partial charge in [-0.3, -0.25) is 9.59 Å². The highest BCUT2D eigenvalue weighted by molar-refractivity contribution is 5.88. The lowest BCUT2D eigenvalue weighted by atomic mass is 9.67. The molecule has 2 saturated heterocycles. The second-order valence-electron chi connectivity index (χ2n) is 7.00. The van der Waals surface area contributed by atoms with Crippen molar-refractivity contribution in [2.24, 2.45) is 11.1 Å². The number of amides is 2. The van der Waals surface area contributed by atoms with E-state index in [9.17, 15) is 9.59 Å². The molecular weight excluding hydrogens is 320 g/mol. The van der Waals surface area contributed by atoms with Gasteiger partial charge in [-0.1, -0.05) is 12.1 Å². The predicted molar refractivity (Wildman–Crippen MR) is 93.1 cm³/mol. The molecule has 6 nitrogen and oxygen atoms in total. The van der Waals surface area contributed by atoms with Crippen LogP contribution in [0.4, 0.5) is 0 Å². The van der Waals surface area contributed by atoms with Crippen molar-refractivity contribution in [1.29, 1.82) is 0 Å². The number of likely N-dealkylation sites (tertiary alicyclic amines) is 1. The smallest absolute Gasteiger partial charge is 0.240 e. The molecule has 6 heteroatoms.